The van der Waals surface area contributed by atoms with E-state index in [1.807, 2.05) is 12.1 Å². The normalized spacial score (nSPS) is 12.0. The van der Waals surface area contributed by atoms with E-state index in [2.05, 4.69) is 11.6 Å². The van der Waals surface area contributed by atoms with Crippen LogP contribution >= 0.6 is 0 Å². The highest BCUT2D eigenvalue weighted by Crippen LogP contribution is 2.12. The highest BCUT2D eigenvalue weighted by Gasteiger charge is 2.15. The van der Waals surface area contributed by atoms with Gasteiger partial charge in [-0.05, 0) is 30.5 Å². The highest BCUT2D eigenvalue weighted by atomic mass is 16.4. The molecular formula is C11H13NO2. The van der Waals surface area contributed by atoms with Crippen LogP contribution in [0.25, 0.3) is 0 Å². The molecule has 0 amide bonds. The van der Waals surface area contributed by atoms with Gasteiger partial charge in [0.2, 0.25) is 0 Å². The van der Waals surface area contributed by atoms with Crippen molar-refractivity contribution in [1.29, 1.82) is 0 Å². The highest BCUT2D eigenvalue weighted by molar-refractivity contribution is 5.70. The summed E-state index contributed by atoms with van der Waals surface area (Å²) in [5.41, 5.74) is 0.995. The molecule has 1 N–H and O–H groups in total. The van der Waals surface area contributed by atoms with E-state index in [1.54, 1.807) is 18.5 Å². The molecule has 0 saturated heterocycles. The Morgan fingerprint density at radius 2 is 2.21 bits per heavy atom. The first kappa shape index (κ1) is 10.4. The molecule has 0 aromatic carbocycles. The van der Waals surface area contributed by atoms with Gasteiger partial charge in [-0.3, -0.25) is 9.78 Å². The van der Waals surface area contributed by atoms with E-state index < -0.39 is 5.97 Å². The first-order valence-corrected chi connectivity index (χ1v) is 4.46. The molecule has 3 nitrogen and oxygen atoms in total. The van der Waals surface area contributed by atoms with Crippen molar-refractivity contribution in [2.45, 2.75) is 12.8 Å². The molecule has 1 heterocycles. The maximum Gasteiger partial charge on any atom is 0.307 e. The summed E-state index contributed by atoms with van der Waals surface area (Å²) in [7, 11) is 0. The van der Waals surface area contributed by atoms with Crippen molar-refractivity contribution < 1.29 is 9.90 Å². The summed E-state index contributed by atoms with van der Waals surface area (Å²) in [6.07, 6.45) is 6.01. The third-order valence-corrected chi connectivity index (χ3v) is 2.03. The standard InChI is InChI=1S/C11H13NO2/c1-2-3-10(11(13)14)8-9-4-6-12-7-5-9/h2,4-7,10H,1,3,8H2,(H,13,14). The second-order valence-corrected chi connectivity index (χ2v) is 3.12. The number of allylic oxidation sites excluding steroid dienone is 1. The number of aliphatic carboxylic acids is 1. The average Bonchev–Trinajstić information content (AvgIpc) is 2.18. The Bertz CT molecular complexity index is 308. The topological polar surface area (TPSA) is 50.2 Å². The Balaban J connectivity index is 2.64. The predicted molar refractivity (Wildman–Crippen MR) is 53.9 cm³/mol. The minimum absolute atomic E-state index is 0.380. The van der Waals surface area contributed by atoms with E-state index in [0.29, 0.717) is 12.8 Å². The van der Waals surface area contributed by atoms with Crippen LogP contribution in [-0.2, 0) is 11.2 Å². The SMILES string of the molecule is C=CCC(Cc1ccncc1)C(=O)O. The summed E-state index contributed by atoms with van der Waals surface area (Å²) in [4.78, 5) is 14.7. The molecule has 3 heteroatoms. The summed E-state index contributed by atoms with van der Waals surface area (Å²) in [5.74, 6) is -1.16. The molecule has 1 unspecified atom stereocenters. The summed E-state index contributed by atoms with van der Waals surface area (Å²) in [5, 5.41) is 8.90. The maximum atomic E-state index is 10.8. The van der Waals surface area contributed by atoms with E-state index in [9.17, 15) is 4.79 Å². The van der Waals surface area contributed by atoms with Gasteiger partial charge in [0, 0.05) is 12.4 Å². The van der Waals surface area contributed by atoms with Crippen molar-refractivity contribution in [2.75, 3.05) is 0 Å². The van der Waals surface area contributed by atoms with Gasteiger partial charge in [0.1, 0.15) is 0 Å². The second-order valence-electron chi connectivity index (χ2n) is 3.12. The average molecular weight is 191 g/mol. The van der Waals surface area contributed by atoms with Gasteiger partial charge in [0.15, 0.2) is 0 Å². The Hall–Kier alpha value is -1.64. The number of rotatable bonds is 5. The first-order chi connectivity index (χ1) is 6.74. The molecule has 0 bridgehead atoms. The molecular weight excluding hydrogens is 178 g/mol. The van der Waals surface area contributed by atoms with Gasteiger partial charge in [0.05, 0.1) is 5.92 Å². The fourth-order valence-electron chi connectivity index (χ4n) is 1.28. The number of nitrogens with zero attached hydrogens (tertiary/aromatic N) is 1. The Labute approximate surface area is 83.1 Å². The van der Waals surface area contributed by atoms with Crippen LogP contribution in [0.5, 0.6) is 0 Å². The number of carboxylic acids is 1. The minimum Gasteiger partial charge on any atom is -0.481 e. The molecule has 1 aromatic rings. The van der Waals surface area contributed by atoms with Crippen LogP contribution in [0.2, 0.25) is 0 Å². The third kappa shape index (κ3) is 3.01. The second kappa shape index (κ2) is 5.17. The van der Waals surface area contributed by atoms with Crippen LogP contribution in [0.3, 0.4) is 0 Å². The molecule has 1 rings (SSSR count). The summed E-state index contributed by atoms with van der Waals surface area (Å²) in [6.45, 7) is 3.55. The van der Waals surface area contributed by atoms with Crippen molar-refractivity contribution >= 4 is 5.97 Å². The molecule has 14 heavy (non-hydrogen) atoms. The number of carboxylic acid groups (broad SMARTS) is 1. The van der Waals surface area contributed by atoms with Gasteiger partial charge in [-0.2, -0.15) is 0 Å². The first-order valence-electron chi connectivity index (χ1n) is 4.46. The lowest BCUT2D eigenvalue weighted by atomic mass is 9.97. The fourth-order valence-corrected chi connectivity index (χ4v) is 1.28. The van der Waals surface area contributed by atoms with E-state index in [-0.39, 0.29) is 5.92 Å². The van der Waals surface area contributed by atoms with Crippen molar-refractivity contribution in [3.63, 3.8) is 0 Å². The molecule has 1 aromatic heterocycles. The largest absolute Gasteiger partial charge is 0.481 e. The van der Waals surface area contributed by atoms with Crippen LogP contribution in [-0.4, -0.2) is 16.1 Å². The minimum atomic E-state index is -0.776. The van der Waals surface area contributed by atoms with Crippen molar-refractivity contribution in [2.24, 2.45) is 5.92 Å². The predicted octanol–water partition coefficient (Wildman–Crippen LogP) is 1.90. The van der Waals surface area contributed by atoms with Gasteiger partial charge in [-0.25, -0.2) is 0 Å². The van der Waals surface area contributed by atoms with Gasteiger partial charge >= 0.3 is 5.97 Å². The molecule has 0 fully saturated rings. The van der Waals surface area contributed by atoms with Gasteiger partial charge < -0.3 is 5.11 Å². The smallest absolute Gasteiger partial charge is 0.307 e. The molecule has 0 aliphatic carbocycles. The molecule has 0 aliphatic rings. The summed E-state index contributed by atoms with van der Waals surface area (Å²) >= 11 is 0. The van der Waals surface area contributed by atoms with E-state index in [4.69, 9.17) is 5.11 Å². The molecule has 0 spiro atoms. The summed E-state index contributed by atoms with van der Waals surface area (Å²) < 4.78 is 0. The van der Waals surface area contributed by atoms with E-state index in [1.165, 1.54) is 0 Å². The lowest BCUT2D eigenvalue weighted by Crippen LogP contribution is -2.15. The molecule has 1 atom stereocenters. The van der Waals surface area contributed by atoms with Gasteiger partial charge in [0.25, 0.3) is 0 Å². The summed E-state index contributed by atoms with van der Waals surface area (Å²) in [6, 6.07) is 3.66. The van der Waals surface area contributed by atoms with Crippen molar-refractivity contribution in [3.8, 4) is 0 Å². The number of hydrogen-bond acceptors (Lipinski definition) is 2. The number of aromatic nitrogens is 1. The number of hydrogen-bond donors (Lipinski definition) is 1. The molecule has 0 radical (unpaired) electrons. The molecule has 74 valence electrons. The maximum absolute atomic E-state index is 10.8. The number of pyridine rings is 1. The fraction of sp³-hybridized carbons (Fsp3) is 0.273. The monoisotopic (exact) mass is 191 g/mol. The zero-order valence-corrected chi connectivity index (χ0v) is 7.89. The van der Waals surface area contributed by atoms with Gasteiger partial charge in [-0.15, -0.1) is 6.58 Å². The Kier molecular flexibility index (Phi) is 3.85. The Morgan fingerprint density at radius 1 is 1.57 bits per heavy atom. The lowest BCUT2D eigenvalue weighted by Gasteiger charge is -2.09. The van der Waals surface area contributed by atoms with Crippen LogP contribution in [0.4, 0.5) is 0 Å². The quantitative estimate of drug-likeness (QED) is 0.723. The van der Waals surface area contributed by atoms with Crippen molar-refractivity contribution in [1.82, 2.24) is 4.98 Å². The van der Waals surface area contributed by atoms with Crippen LogP contribution < -0.4 is 0 Å². The molecule has 0 aliphatic heterocycles. The number of carbonyl (C=O) groups is 1. The zero-order chi connectivity index (χ0) is 10.4. The Morgan fingerprint density at radius 3 is 2.71 bits per heavy atom. The van der Waals surface area contributed by atoms with Crippen LogP contribution in [0.1, 0.15) is 12.0 Å². The zero-order valence-electron chi connectivity index (χ0n) is 7.89. The van der Waals surface area contributed by atoms with Gasteiger partial charge in [-0.1, -0.05) is 6.08 Å². The van der Waals surface area contributed by atoms with Crippen LogP contribution in [0, 0.1) is 5.92 Å². The van der Waals surface area contributed by atoms with E-state index in [0.717, 1.165) is 5.56 Å². The van der Waals surface area contributed by atoms with E-state index >= 15 is 0 Å². The lowest BCUT2D eigenvalue weighted by molar-refractivity contribution is -0.141. The van der Waals surface area contributed by atoms with Crippen LogP contribution in [0.15, 0.2) is 37.2 Å². The van der Waals surface area contributed by atoms with Crippen molar-refractivity contribution in [3.05, 3.63) is 42.7 Å². The third-order valence-electron chi connectivity index (χ3n) is 2.03. The molecule has 0 saturated carbocycles.